The van der Waals surface area contributed by atoms with Gasteiger partial charge in [-0.05, 0) is 41.9 Å². The number of benzene rings is 1. The molecule has 0 saturated carbocycles. The smallest absolute Gasteiger partial charge is 0.417 e. The molecular weight excluding hydrogens is 425 g/mol. The van der Waals surface area contributed by atoms with Crippen LogP contribution in [-0.2, 0) is 18.8 Å². The molecule has 0 N–H and O–H groups in total. The van der Waals surface area contributed by atoms with Crippen LogP contribution in [0.25, 0.3) is 11.4 Å². The van der Waals surface area contributed by atoms with Crippen molar-refractivity contribution in [3.05, 3.63) is 58.5 Å². The number of halogens is 4. The molecule has 0 aliphatic heterocycles. The summed E-state index contributed by atoms with van der Waals surface area (Å²) in [6, 6.07) is 8.74. The average molecular weight is 441 g/mol. The maximum absolute atomic E-state index is 13.3. The first-order valence-corrected chi connectivity index (χ1v) is 8.76. The number of hydrogen-bond donors (Lipinski definition) is 0. The number of ether oxygens (including phenoxy) is 1. The van der Waals surface area contributed by atoms with Gasteiger partial charge in [-0.25, -0.2) is 4.98 Å². The zero-order valence-electron chi connectivity index (χ0n) is 14.8. The summed E-state index contributed by atoms with van der Waals surface area (Å²) in [5.74, 6) is 0.848. The molecule has 5 nitrogen and oxygen atoms in total. The lowest BCUT2D eigenvalue weighted by Crippen LogP contribution is -2.29. The van der Waals surface area contributed by atoms with Crippen molar-refractivity contribution in [2.45, 2.75) is 25.6 Å². The molecule has 0 radical (unpaired) electrons. The molecule has 1 aromatic carbocycles. The van der Waals surface area contributed by atoms with Crippen LogP contribution in [0.4, 0.5) is 13.2 Å². The van der Waals surface area contributed by atoms with E-state index in [1.54, 1.807) is 39.2 Å². The van der Waals surface area contributed by atoms with Crippen LogP contribution in [0.5, 0.6) is 5.88 Å². The van der Waals surface area contributed by atoms with Gasteiger partial charge in [-0.3, -0.25) is 0 Å². The van der Waals surface area contributed by atoms with E-state index < -0.39 is 17.3 Å². The van der Waals surface area contributed by atoms with Crippen LogP contribution in [0.15, 0.2) is 47.1 Å². The fourth-order valence-corrected chi connectivity index (χ4v) is 2.98. The highest BCUT2D eigenvalue weighted by molar-refractivity contribution is 9.10. The van der Waals surface area contributed by atoms with Gasteiger partial charge < -0.3 is 9.30 Å². The summed E-state index contributed by atoms with van der Waals surface area (Å²) >= 11 is 3.30. The fourth-order valence-electron chi connectivity index (χ4n) is 2.74. The number of alkyl halides is 3. The van der Waals surface area contributed by atoms with Crippen LogP contribution >= 0.6 is 15.9 Å². The van der Waals surface area contributed by atoms with Crippen LogP contribution in [0.1, 0.15) is 25.2 Å². The van der Waals surface area contributed by atoms with E-state index in [1.807, 2.05) is 0 Å². The molecule has 3 aromatic rings. The minimum atomic E-state index is -4.49. The number of pyridine rings is 1. The molecule has 2 aromatic heterocycles. The van der Waals surface area contributed by atoms with E-state index in [-0.39, 0.29) is 11.4 Å². The van der Waals surface area contributed by atoms with Gasteiger partial charge in [-0.2, -0.15) is 13.2 Å². The first-order valence-electron chi connectivity index (χ1n) is 7.96. The third-order valence-corrected chi connectivity index (χ3v) is 4.42. The Morgan fingerprint density at radius 2 is 1.74 bits per heavy atom. The van der Waals surface area contributed by atoms with Crippen LogP contribution in [0, 0.1) is 0 Å². The topological polar surface area (TPSA) is 52.8 Å². The van der Waals surface area contributed by atoms with Gasteiger partial charge in [0.15, 0.2) is 17.2 Å². The fraction of sp³-hybridized carbons (Fsp3) is 0.278. The molecule has 0 aliphatic rings. The van der Waals surface area contributed by atoms with E-state index in [4.69, 9.17) is 4.74 Å². The van der Waals surface area contributed by atoms with Crippen LogP contribution in [-0.4, -0.2) is 19.7 Å². The summed E-state index contributed by atoms with van der Waals surface area (Å²) in [6.45, 7) is 3.50. The standard InChI is InChI=1S/C18H16BrF3N4O/c1-17(2,27-14-9-8-11(19)10-23-14)16-25-24-15(26(16)3)12-6-4-5-7-13(12)18(20,21)22/h4-10H,1-3H3. The normalized spacial score (nSPS) is 12.3. The van der Waals surface area contributed by atoms with Crippen LogP contribution in [0.2, 0.25) is 0 Å². The Hall–Kier alpha value is -2.42. The molecule has 9 heteroatoms. The van der Waals surface area contributed by atoms with Gasteiger partial charge in [-0.15, -0.1) is 10.2 Å². The Kier molecular flexibility index (Phi) is 4.98. The molecule has 2 heterocycles. The lowest BCUT2D eigenvalue weighted by molar-refractivity contribution is -0.137. The maximum atomic E-state index is 13.3. The van der Waals surface area contributed by atoms with Gasteiger partial charge in [0.25, 0.3) is 0 Å². The zero-order chi connectivity index (χ0) is 19.8. The molecule has 0 spiro atoms. The first kappa shape index (κ1) is 19.3. The van der Waals surface area contributed by atoms with Crippen molar-refractivity contribution in [2.24, 2.45) is 7.05 Å². The largest absolute Gasteiger partial charge is 0.463 e. The molecule has 0 fully saturated rings. The summed E-state index contributed by atoms with van der Waals surface area (Å²) in [6.07, 6.45) is -2.90. The van der Waals surface area contributed by atoms with Crippen molar-refractivity contribution in [2.75, 3.05) is 0 Å². The van der Waals surface area contributed by atoms with Gasteiger partial charge in [0.1, 0.15) is 0 Å². The minimum Gasteiger partial charge on any atom is -0.463 e. The van der Waals surface area contributed by atoms with Crippen molar-refractivity contribution in [1.82, 2.24) is 19.7 Å². The van der Waals surface area contributed by atoms with Crippen LogP contribution in [0.3, 0.4) is 0 Å². The van der Waals surface area contributed by atoms with E-state index in [0.29, 0.717) is 11.7 Å². The summed E-state index contributed by atoms with van der Waals surface area (Å²) in [7, 11) is 1.61. The SMILES string of the molecule is Cn1c(-c2ccccc2C(F)(F)F)nnc1C(C)(C)Oc1ccc(Br)cn1. The van der Waals surface area contributed by atoms with E-state index in [0.717, 1.165) is 10.5 Å². The van der Waals surface area contributed by atoms with Gasteiger partial charge in [-0.1, -0.05) is 18.2 Å². The zero-order valence-corrected chi connectivity index (χ0v) is 16.3. The van der Waals surface area contributed by atoms with Gasteiger partial charge >= 0.3 is 6.18 Å². The highest BCUT2D eigenvalue weighted by Crippen LogP contribution is 2.37. The lowest BCUT2D eigenvalue weighted by atomic mass is 10.1. The predicted molar refractivity (Wildman–Crippen MR) is 97.0 cm³/mol. The Labute approximate surface area is 162 Å². The third-order valence-electron chi connectivity index (χ3n) is 3.95. The molecule has 0 amide bonds. The second kappa shape index (κ2) is 6.95. The molecule has 142 valence electrons. The van der Waals surface area contributed by atoms with Crippen molar-refractivity contribution >= 4 is 15.9 Å². The minimum absolute atomic E-state index is 0.0381. The molecule has 3 rings (SSSR count). The Balaban J connectivity index is 1.99. The quantitative estimate of drug-likeness (QED) is 0.574. The molecular formula is C18H16BrF3N4O. The summed E-state index contributed by atoms with van der Waals surface area (Å²) in [5.41, 5.74) is -1.77. The van der Waals surface area contributed by atoms with E-state index in [1.165, 1.54) is 22.8 Å². The van der Waals surface area contributed by atoms with E-state index in [9.17, 15) is 13.2 Å². The average Bonchev–Trinajstić information content (AvgIpc) is 2.98. The van der Waals surface area contributed by atoms with Gasteiger partial charge in [0, 0.05) is 29.3 Å². The number of rotatable bonds is 4. The highest BCUT2D eigenvalue weighted by Gasteiger charge is 2.36. The molecule has 0 saturated heterocycles. The number of aromatic nitrogens is 4. The summed E-state index contributed by atoms with van der Waals surface area (Å²) in [4.78, 5) is 4.15. The van der Waals surface area contributed by atoms with E-state index in [2.05, 4.69) is 31.1 Å². The summed E-state index contributed by atoms with van der Waals surface area (Å²) < 4.78 is 48.2. The second-order valence-electron chi connectivity index (χ2n) is 6.38. The van der Waals surface area contributed by atoms with Gasteiger partial charge in [0.2, 0.25) is 5.88 Å². The van der Waals surface area contributed by atoms with Crippen LogP contribution < -0.4 is 4.74 Å². The Morgan fingerprint density at radius 1 is 1.04 bits per heavy atom. The van der Waals surface area contributed by atoms with Crippen molar-refractivity contribution in [3.63, 3.8) is 0 Å². The number of hydrogen-bond acceptors (Lipinski definition) is 4. The highest BCUT2D eigenvalue weighted by atomic mass is 79.9. The van der Waals surface area contributed by atoms with E-state index >= 15 is 0 Å². The Bertz CT molecular complexity index is 952. The van der Waals surface area contributed by atoms with Crippen molar-refractivity contribution in [1.29, 1.82) is 0 Å². The maximum Gasteiger partial charge on any atom is 0.417 e. The Morgan fingerprint density at radius 3 is 2.37 bits per heavy atom. The molecule has 0 bridgehead atoms. The summed E-state index contributed by atoms with van der Waals surface area (Å²) in [5, 5.41) is 8.07. The molecule has 27 heavy (non-hydrogen) atoms. The first-order chi connectivity index (χ1) is 12.6. The molecule has 0 aliphatic carbocycles. The van der Waals surface area contributed by atoms with Crippen molar-refractivity contribution in [3.8, 4) is 17.3 Å². The molecule has 0 unspecified atom stereocenters. The second-order valence-corrected chi connectivity index (χ2v) is 7.29. The van der Waals surface area contributed by atoms with Gasteiger partial charge in [0.05, 0.1) is 5.56 Å². The van der Waals surface area contributed by atoms with Crippen molar-refractivity contribution < 1.29 is 17.9 Å². The predicted octanol–water partition coefficient (Wildman–Crippen LogP) is 4.97. The third kappa shape index (κ3) is 3.97. The monoisotopic (exact) mass is 440 g/mol. The number of nitrogens with zero attached hydrogens (tertiary/aromatic N) is 4. The lowest BCUT2D eigenvalue weighted by Gasteiger charge is -2.24. The molecule has 0 atom stereocenters.